The van der Waals surface area contributed by atoms with E-state index in [0.717, 1.165) is 39.4 Å². The first-order valence-electron chi connectivity index (χ1n) is 7.38. The van der Waals surface area contributed by atoms with Crippen LogP contribution in [-0.4, -0.2) is 26.6 Å². The lowest BCUT2D eigenvalue weighted by Crippen LogP contribution is -1.89. The number of ether oxygens (including phenoxy) is 1. The SMILES string of the molecule is COc1ccc(-c2nc3ccc(-n4ccnc4)cc3[nH]2)c(C)c1. The fourth-order valence-corrected chi connectivity index (χ4v) is 2.73. The lowest BCUT2D eigenvalue weighted by Gasteiger charge is -2.05. The minimum Gasteiger partial charge on any atom is -0.497 e. The second-order valence-corrected chi connectivity index (χ2v) is 5.44. The van der Waals surface area contributed by atoms with Gasteiger partial charge in [0.15, 0.2) is 0 Å². The third kappa shape index (κ3) is 2.36. The summed E-state index contributed by atoms with van der Waals surface area (Å²) >= 11 is 0. The monoisotopic (exact) mass is 304 g/mol. The molecule has 2 aromatic carbocycles. The molecule has 1 N–H and O–H groups in total. The lowest BCUT2D eigenvalue weighted by molar-refractivity contribution is 0.414. The molecule has 0 unspecified atom stereocenters. The van der Waals surface area contributed by atoms with Gasteiger partial charge in [0.2, 0.25) is 0 Å². The van der Waals surface area contributed by atoms with Crippen molar-refractivity contribution in [3.8, 4) is 22.8 Å². The molecule has 4 rings (SSSR count). The Morgan fingerprint density at radius 2 is 2.04 bits per heavy atom. The Bertz CT molecular complexity index is 970. The Morgan fingerprint density at radius 1 is 1.13 bits per heavy atom. The quantitative estimate of drug-likeness (QED) is 0.627. The van der Waals surface area contributed by atoms with Gasteiger partial charge in [-0.05, 0) is 48.9 Å². The number of aryl methyl sites for hydroxylation is 1. The molecule has 0 aliphatic heterocycles. The van der Waals surface area contributed by atoms with E-state index >= 15 is 0 Å². The molecule has 2 heterocycles. The highest BCUT2D eigenvalue weighted by atomic mass is 16.5. The maximum Gasteiger partial charge on any atom is 0.138 e. The molecular formula is C18H16N4O. The zero-order chi connectivity index (χ0) is 15.8. The predicted molar refractivity (Wildman–Crippen MR) is 89.9 cm³/mol. The summed E-state index contributed by atoms with van der Waals surface area (Å²) in [4.78, 5) is 12.2. The topological polar surface area (TPSA) is 55.7 Å². The van der Waals surface area contributed by atoms with Crippen molar-refractivity contribution in [2.24, 2.45) is 0 Å². The number of aromatic nitrogens is 4. The van der Waals surface area contributed by atoms with E-state index in [-0.39, 0.29) is 0 Å². The number of benzene rings is 2. The van der Waals surface area contributed by atoms with E-state index in [1.807, 2.05) is 41.1 Å². The van der Waals surface area contributed by atoms with E-state index in [1.54, 1.807) is 19.6 Å². The normalized spacial score (nSPS) is 11.0. The van der Waals surface area contributed by atoms with Crippen LogP contribution in [0.5, 0.6) is 5.75 Å². The number of imidazole rings is 2. The van der Waals surface area contributed by atoms with Gasteiger partial charge in [-0.25, -0.2) is 9.97 Å². The molecule has 2 aromatic heterocycles. The summed E-state index contributed by atoms with van der Waals surface area (Å²) in [5.74, 6) is 1.72. The van der Waals surface area contributed by atoms with E-state index in [9.17, 15) is 0 Å². The number of nitrogens with zero attached hydrogens (tertiary/aromatic N) is 3. The maximum absolute atomic E-state index is 5.26. The van der Waals surface area contributed by atoms with Crippen LogP contribution < -0.4 is 4.74 Å². The molecule has 0 bridgehead atoms. The van der Waals surface area contributed by atoms with Gasteiger partial charge in [-0.15, -0.1) is 0 Å². The first kappa shape index (κ1) is 13.6. The molecular weight excluding hydrogens is 288 g/mol. The van der Waals surface area contributed by atoms with E-state index in [0.29, 0.717) is 0 Å². The van der Waals surface area contributed by atoms with Gasteiger partial charge < -0.3 is 14.3 Å². The standard InChI is InChI=1S/C18H16N4O/c1-12-9-14(23-2)4-5-15(12)18-20-16-6-3-13(10-17(16)21-18)22-8-7-19-11-22/h3-11H,1-2H3,(H,20,21). The summed E-state index contributed by atoms with van der Waals surface area (Å²) in [5.41, 5.74) is 5.20. The van der Waals surface area contributed by atoms with Crippen LogP contribution in [0.4, 0.5) is 0 Å². The smallest absolute Gasteiger partial charge is 0.138 e. The molecule has 23 heavy (non-hydrogen) atoms. The Balaban J connectivity index is 1.80. The maximum atomic E-state index is 5.26. The third-order valence-corrected chi connectivity index (χ3v) is 3.96. The van der Waals surface area contributed by atoms with Crippen LogP contribution in [0.3, 0.4) is 0 Å². The minimum atomic E-state index is 0.852. The molecule has 0 fully saturated rings. The van der Waals surface area contributed by atoms with Gasteiger partial charge in [-0.1, -0.05) is 0 Å². The summed E-state index contributed by atoms with van der Waals surface area (Å²) < 4.78 is 7.23. The lowest BCUT2D eigenvalue weighted by atomic mass is 10.1. The van der Waals surface area contributed by atoms with Gasteiger partial charge in [0.25, 0.3) is 0 Å². The fraction of sp³-hybridized carbons (Fsp3) is 0.111. The molecule has 0 aliphatic rings. The first-order valence-corrected chi connectivity index (χ1v) is 7.38. The van der Waals surface area contributed by atoms with Gasteiger partial charge in [0.1, 0.15) is 11.6 Å². The molecule has 0 saturated carbocycles. The van der Waals surface area contributed by atoms with Gasteiger partial charge in [0, 0.05) is 23.6 Å². The van der Waals surface area contributed by atoms with Crippen LogP contribution in [0.1, 0.15) is 5.56 Å². The summed E-state index contributed by atoms with van der Waals surface area (Å²) in [6.45, 7) is 2.06. The molecule has 114 valence electrons. The number of fused-ring (bicyclic) bond motifs is 1. The number of hydrogen-bond donors (Lipinski definition) is 1. The second-order valence-electron chi connectivity index (χ2n) is 5.44. The number of aromatic amines is 1. The first-order chi connectivity index (χ1) is 11.2. The number of nitrogens with one attached hydrogen (secondary N) is 1. The number of methoxy groups -OCH3 is 1. The van der Waals surface area contributed by atoms with Crippen molar-refractivity contribution in [2.75, 3.05) is 7.11 Å². The highest BCUT2D eigenvalue weighted by molar-refractivity contribution is 5.82. The molecule has 5 heteroatoms. The van der Waals surface area contributed by atoms with Crippen LogP contribution in [0.2, 0.25) is 0 Å². The number of H-pyrrole nitrogens is 1. The van der Waals surface area contributed by atoms with Crippen LogP contribution in [-0.2, 0) is 0 Å². The average molecular weight is 304 g/mol. The predicted octanol–water partition coefficient (Wildman–Crippen LogP) is 3.73. The summed E-state index contributed by atoms with van der Waals surface area (Å²) in [6.07, 6.45) is 5.47. The van der Waals surface area contributed by atoms with Gasteiger partial charge in [0.05, 0.1) is 24.5 Å². The second kappa shape index (κ2) is 5.28. The average Bonchev–Trinajstić information content (AvgIpc) is 3.23. The van der Waals surface area contributed by atoms with Gasteiger partial charge in [-0.2, -0.15) is 0 Å². The molecule has 0 saturated heterocycles. The summed E-state index contributed by atoms with van der Waals surface area (Å²) in [7, 11) is 1.67. The molecule has 5 nitrogen and oxygen atoms in total. The Kier molecular flexibility index (Phi) is 3.12. The van der Waals surface area contributed by atoms with Crippen molar-refractivity contribution in [1.82, 2.24) is 19.5 Å². The van der Waals surface area contributed by atoms with E-state index in [2.05, 4.69) is 23.0 Å². The van der Waals surface area contributed by atoms with Crippen molar-refractivity contribution in [3.05, 3.63) is 60.7 Å². The Hall–Kier alpha value is -3.08. The highest BCUT2D eigenvalue weighted by Crippen LogP contribution is 2.27. The summed E-state index contributed by atoms with van der Waals surface area (Å²) in [6, 6.07) is 12.1. The van der Waals surface area contributed by atoms with Crippen LogP contribution in [0.25, 0.3) is 28.1 Å². The Morgan fingerprint density at radius 3 is 2.78 bits per heavy atom. The fourth-order valence-electron chi connectivity index (χ4n) is 2.73. The molecule has 0 radical (unpaired) electrons. The number of hydrogen-bond acceptors (Lipinski definition) is 3. The van der Waals surface area contributed by atoms with Crippen LogP contribution in [0.15, 0.2) is 55.1 Å². The minimum absolute atomic E-state index is 0.852. The van der Waals surface area contributed by atoms with Crippen molar-refractivity contribution in [1.29, 1.82) is 0 Å². The Labute approximate surface area is 133 Å². The molecule has 0 atom stereocenters. The van der Waals surface area contributed by atoms with Crippen LogP contribution in [0, 0.1) is 6.92 Å². The molecule has 0 amide bonds. The van der Waals surface area contributed by atoms with Gasteiger partial charge in [-0.3, -0.25) is 0 Å². The number of rotatable bonds is 3. The van der Waals surface area contributed by atoms with Crippen molar-refractivity contribution in [2.45, 2.75) is 6.92 Å². The van der Waals surface area contributed by atoms with E-state index in [1.165, 1.54) is 0 Å². The van der Waals surface area contributed by atoms with Gasteiger partial charge >= 0.3 is 0 Å². The highest BCUT2D eigenvalue weighted by Gasteiger charge is 2.09. The molecule has 0 spiro atoms. The van der Waals surface area contributed by atoms with E-state index in [4.69, 9.17) is 9.72 Å². The zero-order valence-corrected chi connectivity index (χ0v) is 12.9. The third-order valence-electron chi connectivity index (χ3n) is 3.96. The molecule has 4 aromatic rings. The van der Waals surface area contributed by atoms with Crippen LogP contribution >= 0.6 is 0 Å². The van der Waals surface area contributed by atoms with Crippen molar-refractivity contribution >= 4 is 11.0 Å². The zero-order valence-electron chi connectivity index (χ0n) is 12.9. The largest absolute Gasteiger partial charge is 0.497 e. The van der Waals surface area contributed by atoms with E-state index < -0.39 is 0 Å². The summed E-state index contributed by atoms with van der Waals surface area (Å²) in [5, 5.41) is 0. The molecule has 0 aliphatic carbocycles. The van der Waals surface area contributed by atoms with Crippen molar-refractivity contribution in [3.63, 3.8) is 0 Å². The van der Waals surface area contributed by atoms with Crippen molar-refractivity contribution < 1.29 is 4.74 Å².